The van der Waals surface area contributed by atoms with E-state index in [1.807, 2.05) is 18.2 Å². The first-order valence-electron chi connectivity index (χ1n) is 7.94. The highest BCUT2D eigenvalue weighted by molar-refractivity contribution is 6.33. The summed E-state index contributed by atoms with van der Waals surface area (Å²) in [7, 11) is 0. The van der Waals surface area contributed by atoms with Crippen LogP contribution in [-0.2, 0) is 0 Å². The van der Waals surface area contributed by atoms with Crippen molar-refractivity contribution in [2.45, 2.75) is 45.6 Å². The monoisotopic (exact) mass is 328 g/mol. The van der Waals surface area contributed by atoms with Gasteiger partial charge in [-0.25, -0.2) is 0 Å². The molecule has 0 radical (unpaired) electrons. The van der Waals surface area contributed by atoms with Crippen LogP contribution in [0.5, 0.6) is 0 Å². The lowest BCUT2D eigenvalue weighted by Crippen LogP contribution is -2.43. The molecule has 118 valence electrons. The van der Waals surface area contributed by atoms with Crippen LogP contribution in [0.2, 0.25) is 10.0 Å². The van der Waals surface area contributed by atoms with Gasteiger partial charge in [-0.2, -0.15) is 0 Å². The second-order valence-electron chi connectivity index (χ2n) is 6.16. The number of hydrogen-bond acceptors (Lipinski definition) is 2. The van der Waals surface area contributed by atoms with Crippen LogP contribution >= 0.6 is 23.2 Å². The second kappa shape index (κ2) is 7.32. The minimum absolute atomic E-state index is 0.169. The maximum atomic E-state index is 6.36. The summed E-state index contributed by atoms with van der Waals surface area (Å²) in [6.07, 6.45) is 5.02. The topological polar surface area (TPSA) is 29.3 Å². The Morgan fingerprint density at radius 3 is 2.33 bits per heavy atom. The first-order valence-corrected chi connectivity index (χ1v) is 8.70. The van der Waals surface area contributed by atoms with Crippen LogP contribution in [0.25, 0.3) is 0 Å². The molecule has 1 saturated heterocycles. The van der Waals surface area contributed by atoms with Crippen molar-refractivity contribution in [3.8, 4) is 0 Å². The van der Waals surface area contributed by atoms with Crippen LogP contribution in [-0.4, -0.2) is 24.5 Å². The van der Waals surface area contributed by atoms with E-state index in [4.69, 9.17) is 28.9 Å². The summed E-state index contributed by atoms with van der Waals surface area (Å²) >= 11 is 12.5. The Morgan fingerprint density at radius 1 is 1.19 bits per heavy atom. The van der Waals surface area contributed by atoms with Crippen molar-refractivity contribution in [3.63, 3.8) is 0 Å². The van der Waals surface area contributed by atoms with Gasteiger partial charge in [0.25, 0.3) is 0 Å². The van der Waals surface area contributed by atoms with Crippen molar-refractivity contribution in [1.82, 2.24) is 4.90 Å². The zero-order valence-corrected chi connectivity index (χ0v) is 14.6. The summed E-state index contributed by atoms with van der Waals surface area (Å²) in [5, 5.41) is 1.49. The van der Waals surface area contributed by atoms with Gasteiger partial charge in [-0.1, -0.05) is 49.9 Å². The summed E-state index contributed by atoms with van der Waals surface area (Å²) in [4.78, 5) is 2.47. The van der Waals surface area contributed by atoms with Crippen molar-refractivity contribution in [3.05, 3.63) is 33.8 Å². The first kappa shape index (κ1) is 17.1. The highest BCUT2D eigenvalue weighted by Crippen LogP contribution is 2.40. The molecule has 1 fully saturated rings. The summed E-state index contributed by atoms with van der Waals surface area (Å²) < 4.78 is 0. The lowest BCUT2D eigenvalue weighted by molar-refractivity contribution is 0.0680. The van der Waals surface area contributed by atoms with Crippen molar-refractivity contribution in [1.29, 1.82) is 0 Å². The van der Waals surface area contributed by atoms with Gasteiger partial charge in [-0.3, -0.25) is 4.90 Å². The highest BCUT2D eigenvalue weighted by atomic mass is 35.5. The Hall–Kier alpha value is -0.280. The first-order chi connectivity index (χ1) is 10.0. The number of benzene rings is 1. The Labute approximate surface area is 138 Å². The molecule has 2 nitrogen and oxygen atoms in total. The molecule has 1 unspecified atom stereocenters. The van der Waals surface area contributed by atoms with E-state index >= 15 is 0 Å². The zero-order valence-electron chi connectivity index (χ0n) is 13.0. The van der Waals surface area contributed by atoms with Gasteiger partial charge in [-0.15, -0.1) is 0 Å². The number of nitrogens with two attached hydrogens (primary N) is 1. The second-order valence-corrected chi connectivity index (χ2v) is 7.00. The molecule has 1 atom stereocenters. The molecule has 0 saturated carbocycles. The summed E-state index contributed by atoms with van der Waals surface area (Å²) in [6.45, 7) is 7.38. The fourth-order valence-electron chi connectivity index (χ4n) is 3.51. The molecule has 1 aromatic carbocycles. The Kier molecular flexibility index (Phi) is 5.96. The Morgan fingerprint density at radius 2 is 1.81 bits per heavy atom. The van der Waals surface area contributed by atoms with E-state index in [-0.39, 0.29) is 6.04 Å². The molecule has 4 heteroatoms. The standard InChI is InChI=1S/C17H26Cl2N2/c1-3-17(4-2)7-9-21(10-8-17)16(12-20)14-11-13(18)5-6-15(14)19/h5-6,11,16H,3-4,7-10,12,20H2,1-2H3. The molecule has 2 N–H and O–H groups in total. The molecule has 1 aliphatic rings. The average molecular weight is 329 g/mol. The van der Waals surface area contributed by atoms with Gasteiger partial charge in [-0.05, 0) is 55.1 Å². The van der Waals surface area contributed by atoms with E-state index in [1.54, 1.807) is 0 Å². The predicted octanol–water partition coefficient (Wildman–Crippen LogP) is 4.90. The largest absolute Gasteiger partial charge is 0.329 e. The SMILES string of the molecule is CCC1(CC)CCN(C(CN)c2cc(Cl)ccc2Cl)CC1. The maximum absolute atomic E-state index is 6.36. The number of halogens is 2. The summed E-state index contributed by atoms with van der Waals surface area (Å²) in [5.74, 6) is 0. The molecule has 0 amide bonds. The smallest absolute Gasteiger partial charge is 0.0485 e. The quantitative estimate of drug-likeness (QED) is 0.833. The van der Waals surface area contributed by atoms with Crippen LogP contribution in [0.4, 0.5) is 0 Å². The van der Waals surface area contributed by atoms with Crippen LogP contribution in [0.3, 0.4) is 0 Å². The number of rotatable bonds is 5. The van der Waals surface area contributed by atoms with E-state index in [0.29, 0.717) is 12.0 Å². The zero-order chi connectivity index (χ0) is 15.5. The molecule has 21 heavy (non-hydrogen) atoms. The van der Waals surface area contributed by atoms with Gasteiger partial charge in [0.05, 0.1) is 0 Å². The van der Waals surface area contributed by atoms with Crippen molar-refractivity contribution >= 4 is 23.2 Å². The fraction of sp³-hybridized carbons (Fsp3) is 0.647. The van der Waals surface area contributed by atoms with Crippen LogP contribution in [0, 0.1) is 5.41 Å². The predicted molar refractivity (Wildman–Crippen MR) is 92.1 cm³/mol. The number of nitrogens with zero attached hydrogens (tertiary/aromatic N) is 1. The molecule has 2 rings (SSSR count). The molecular formula is C17H26Cl2N2. The lowest BCUT2D eigenvalue weighted by Gasteiger charge is -2.44. The van der Waals surface area contributed by atoms with Crippen LogP contribution in [0.15, 0.2) is 18.2 Å². The number of hydrogen-bond donors (Lipinski definition) is 1. The van der Waals surface area contributed by atoms with Gasteiger partial charge in [0.15, 0.2) is 0 Å². The molecule has 0 spiro atoms. The van der Waals surface area contributed by atoms with Gasteiger partial charge in [0.1, 0.15) is 0 Å². The minimum atomic E-state index is 0.169. The van der Waals surface area contributed by atoms with E-state index in [1.165, 1.54) is 25.7 Å². The van der Waals surface area contributed by atoms with Crippen molar-refractivity contribution < 1.29 is 0 Å². The third kappa shape index (κ3) is 3.73. The molecular weight excluding hydrogens is 303 g/mol. The molecule has 1 heterocycles. The third-order valence-electron chi connectivity index (χ3n) is 5.34. The van der Waals surface area contributed by atoms with E-state index in [0.717, 1.165) is 28.7 Å². The lowest BCUT2D eigenvalue weighted by atomic mass is 9.74. The molecule has 0 aromatic heterocycles. The van der Waals surface area contributed by atoms with Gasteiger partial charge < -0.3 is 5.73 Å². The van der Waals surface area contributed by atoms with E-state index in [2.05, 4.69) is 18.7 Å². The van der Waals surface area contributed by atoms with Crippen LogP contribution < -0.4 is 5.73 Å². The minimum Gasteiger partial charge on any atom is -0.329 e. The Balaban J connectivity index is 2.15. The summed E-state index contributed by atoms with van der Waals surface area (Å²) in [6, 6.07) is 5.83. The number of likely N-dealkylation sites (tertiary alicyclic amines) is 1. The highest BCUT2D eigenvalue weighted by Gasteiger charge is 2.34. The maximum Gasteiger partial charge on any atom is 0.0485 e. The van der Waals surface area contributed by atoms with E-state index < -0.39 is 0 Å². The van der Waals surface area contributed by atoms with Crippen molar-refractivity contribution in [2.24, 2.45) is 11.1 Å². The summed E-state index contributed by atoms with van der Waals surface area (Å²) in [5.41, 5.74) is 7.63. The van der Waals surface area contributed by atoms with Crippen LogP contribution in [0.1, 0.15) is 51.1 Å². The van der Waals surface area contributed by atoms with Crippen molar-refractivity contribution in [2.75, 3.05) is 19.6 Å². The normalized spacial score (nSPS) is 20.4. The van der Waals surface area contributed by atoms with Gasteiger partial charge >= 0.3 is 0 Å². The Bertz CT molecular complexity index is 462. The molecule has 0 bridgehead atoms. The fourth-order valence-corrected chi connectivity index (χ4v) is 3.93. The number of piperidine rings is 1. The van der Waals surface area contributed by atoms with E-state index in [9.17, 15) is 0 Å². The molecule has 1 aromatic rings. The van der Waals surface area contributed by atoms with Gasteiger partial charge in [0.2, 0.25) is 0 Å². The molecule has 1 aliphatic heterocycles. The molecule has 0 aliphatic carbocycles. The third-order valence-corrected chi connectivity index (χ3v) is 5.92. The van der Waals surface area contributed by atoms with Gasteiger partial charge in [0, 0.05) is 22.6 Å². The average Bonchev–Trinajstić information content (AvgIpc) is 2.52.